The Kier molecular flexibility index (Phi) is 5.37. The Labute approximate surface area is 168 Å². The van der Waals surface area contributed by atoms with Gasteiger partial charge in [-0.1, -0.05) is 6.07 Å². The molecule has 2 aliphatic rings. The van der Waals surface area contributed by atoms with E-state index in [0.717, 1.165) is 18.4 Å². The van der Waals surface area contributed by atoms with Gasteiger partial charge in [-0.05, 0) is 54.8 Å². The van der Waals surface area contributed by atoms with Crippen molar-refractivity contribution in [2.24, 2.45) is 0 Å². The summed E-state index contributed by atoms with van der Waals surface area (Å²) in [4.78, 5) is 24.5. The molecule has 2 aromatic rings. The molecule has 2 amide bonds. The predicted molar refractivity (Wildman–Crippen MR) is 109 cm³/mol. The average Bonchev–Trinajstić information content (AvgIpc) is 3.55. The lowest BCUT2D eigenvalue weighted by atomic mass is 10.1. The standard InChI is InChI=1S/C22H22N2O5/c1-27-18-11-14(12-19-21(18)29-10-9-28-19)5-8-20(25)23-17-4-2-3-15(13-17)22(26)24-16-6-7-16/h2-5,8,11-13,16H,6-7,9-10H2,1H3,(H,23,25)(H,24,26)/b8-5+. The fourth-order valence-electron chi connectivity index (χ4n) is 2.98. The second-order valence-electron chi connectivity index (χ2n) is 6.90. The second kappa shape index (κ2) is 8.26. The van der Waals surface area contributed by atoms with Crippen LogP contribution in [0.25, 0.3) is 6.08 Å². The van der Waals surface area contributed by atoms with Gasteiger partial charge in [-0.15, -0.1) is 0 Å². The Morgan fingerprint density at radius 1 is 1.14 bits per heavy atom. The van der Waals surface area contributed by atoms with Crippen LogP contribution in [0, 0.1) is 0 Å². The van der Waals surface area contributed by atoms with Crippen molar-refractivity contribution in [1.29, 1.82) is 0 Å². The molecule has 0 spiro atoms. The molecule has 0 aromatic heterocycles. The summed E-state index contributed by atoms with van der Waals surface area (Å²) < 4.78 is 16.5. The molecule has 1 fully saturated rings. The van der Waals surface area contributed by atoms with Gasteiger partial charge in [0.2, 0.25) is 11.7 Å². The van der Waals surface area contributed by atoms with Crippen LogP contribution in [0.15, 0.2) is 42.5 Å². The molecule has 0 unspecified atom stereocenters. The van der Waals surface area contributed by atoms with Crippen LogP contribution in [-0.2, 0) is 4.79 Å². The number of amides is 2. The third-order valence-corrected chi connectivity index (χ3v) is 4.58. The minimum absolute atomic E-state index is 0.123. The summed E-state index contributed by atoms with van der Waals surface area (Å²) >= 11 is 0. The fourth-order valence-corrected chi connectivity index (χ4v) is 2.98. The van der Waals surface area contributed by atoms with Crippen LogP contribution in [0.2, 0.25) is 0 Å². The molecule has 1 heterocycles. The topological polar surface area (TPSA) is 85.9 Å². The van der Waals surface area contributed by atoms with Crippen LogP contribution in [-0.4, -0.2) is 38.2 Å². The van der Waals surface area contributed by atoms with E-state index in [2.05, 4.69) is 10.6 Å². The van der Waals surface area contributed by atoms with Gasteiger partial charge in [0.1, 0.15) is 13.2 Å². The van der Waals surface area contributed by atoms with Gasteiger partial charge >= 0.3 is 0 Å². The zero-order chi connectivity index (χ0) is 20.2. The number of hydrogen-bond acceptors (Lipinski definition) is 5. The van der Waals surface area contributed by atoms with Crippen LogP contribution < -0.4 is 24.8 Å². The maximum absolute atomic E-state index is 12.3. The van der Waals surface area contributed by atoms with Crippen LogP contribution in [0.3, 0.4) is 0 Å². The molecule has 29 heavy (non-hydrogen) atoms. The molecule has 0 saturated heterocycles. The molecule has 2 N–H and O–H groups in total. The molecule has 0 atom stereocenters. The summed E-state index contributed by atoms with van der Waals surface area (Å²) in [6, 6.07) is 10.7. The van der Waals surface area contributed by atoms with Gasteiger partial charge in [-0.25, -0.2) is 0 Å². The molecule has 1 aliphatic heterocycles. The number of nitrogens with one attached hydrogen (secondary N) is 2. The smallest absolute Gasteiger partial charge is 0.251 e. The minimum Gasteiger partial charge on any atom is -0.493 e. The maximum atomic E-state index is 12.3. The number of rotatable bonds is 6. The Morgan fingerprint density at radius 2 is 1.97 bits per heavy atom. The number of methoxy groups -OCH3 is 1. The summed E-state index contributed by atoms with van der Waals surface area (Å²) in [5.74, 6) is 1.28. The summed E-state index contributed by atoms with van der Waals surface area (Å²) in [5, 5.41) is 5.71. The van der Waals surface area contributed by atoms with Crippen LogP contribution in [0.5, 0.6) is 17.2 Å². The van der Waals surface area contributed by atoms with Crippen molar-refractivity contribution in [2.75, 3.05) is 25.6 Å². The van der Waals surface area contributed by atoms with Gasteiger partial charge in [0.15, 0.2) is 11.5 Å². The number of ether oxygens (including phenoxy) is 3. The van der Waals surface area contributed by atoms with Crippen LogP contribution in [0.1, 0.15) is 28.8 Å². The van der Waals surface area contributed by atoms with Crippen molar-refractivity contribution in [3.8, 4) is 17.2 Å². The summed E-state index contributed by atoms with van der Waals surface area (Å²) in [6.07, 6.45) is 5.14. The quantitative estimate of drug-likeness (QED) is 0.736. The van der Waals surface area contributed by atoms with E-state index in [9.17, 15) is 9.59 Å². The predicted octanol–water partition coefficient (Wildman–Crippen LogP) is 3.01. The number of anilines is 1. The highest BCUT2D eigenvalue weighted by Crippen LogP contribution is 2.40. The zero-order valence-electron chi connectivity index (χ0n) is 16.1. The van der Waals surface area contributed by atoms with Crippen molar-refractivity contribution in [3.63, 3.8) is 0 Å². The van der Waals surface area contributed by atoms with Crippen LogP contribution >= 0.6 is 0 Å². The molecule has 1 aliphatic carbocycles. The molecule has 150 valence electrons. The normalized spacial score (nSPS) is 15.1. The van der Waals surface area contributed by atoms with Crippen molar-refractivity contribution in [1.82, 2.24) is 5.32 Å². The van der Waals surface area contributed by atoms with Gasteiger partial charge in [0.05, 0.1) is 7.11 Å². The van der Waals surface area contributed by atoms with E-state index in [4.69, 9.17) is 14.2 Å². The maximum Gasteiger partial charge on any atom is 0.251 e. The summed E-state index contributed by atoms with van der Waals surface area (Å²) in [5.41, 5.74) is 1.83. The molecule has 7 nitrogen and oxygen atoms in total. The molecule has 0 radical (unpaired) electrons. The van der Waals surface area contributed by atoms with Gasteiger partial charge in [-0.2, -0.15) is 0 Å². The molecule has 7 heteroatoms. The Balaban J connectivity index is 1.43. The molecular formula is C22H22N2O5. The number of fused-ring (bicyclic) bond motifs is 1. The Hall–Kier alpha value is -3.48. The first-order valence-electron chi connectivity index (χ1n) is 9.50. The fraction of sp³-hybridized carbons (Fsp3) is 0.273. The van der Waals surface area contributed by atoms with Gasteiger partial charge in [0, 0.05) is 23.4 Å². The first-order chi connectivity index (χ1) is 14.1. The van der Waals surface area contributed by atoms with E-state index in [1.54, 1.807) is 49.6 Å². The molecule has 2 aromatic carbocycles. The average molecular weight is 394 g/mol. The van der Waals surface area contributed by atoms with Gasteiger partial charge in [-0.3, -0.25) is 9.59 Å². The minimum atomic E-state index is -0.307. The highest BCUT2D eigenvalue weighted by atomic mass is 16.6. The number of hydrogen-bond donors (Lipinski definition) is 2. The molecule has 4 rings (SSSR count). The largest absolute Gasteiger partial charge is 0.493 e. The second-order valence-corrected chi connectivity index (χ2v) is 6.90. The monoisotopic (exact) mass is 394 g/mol. The van der Waals surface area contributed by atoms with E-state index in [-0.39, 0.29) is 17.9 Å². The van der Waals surface area contributed by atoms with Crippen molar-refractivity contribution in [3.05, 3.63) is 53.6 Å². The lowest BCUT2D eigenvalue weighted by molar-refractivity contribution is -0.111. The van der Waals surface area contributed by atoms with Crippen LogP contribution in [0.4, 0.5) is 5.69 Å². The summed E-state index contributed by atoms with van der Waals surface area (Å²) in [6.45, 7) is 0.938. The number of carbonyl (C=O) groups excluding carboxylic acids is 2. The molecular weight excluding hydrogens is 372 g/mol. The van der Waals surface area contributed by atoms with Crippen molar-refractivity contribution < 1.29 is 23.8 Å². The molecule has 1 saturated carbocycles. The van der Waals surface area contributed by atoms with Crippen molar-refractivity contribution in [2.45, 2.75) is 18.9 Å². The van der Waals surface area contributed by atoms with Gasteiger partial charge in [0.25, 0.3) is 5.91 Å². The molecule has 0 bridgehead atoms. The van der Waals surface area contributed by atoms with E-state index in [1.165, 1.54) is 6.08 Å². The first kappa shape index (κ1) is 18.9. The Morgan fingerprint density at radius 3 is 2.76 bits per heavy atom. The van der Waals surface area contributed by atoms with Gasteiger partial charge < -0.3 is 24.8 Å². The lowest BCUT2D eigenvalue weighted by Gasteiger charge is -2.20. The van der Waals surface area contributed by atoms with E-state index < -0.39 is 0 Å². The third kappa shape index (κ3) is 4.68. The highest BCUT2D eigenvalue weighted by Gasteiger charge is 2.23. The third-order valence-electron chi connectivity index (χ3n) is 4.58. The first-order valence-corrected chi connectivity index (χ1v) is 9.50. The Bertz CT molecular complexity index is 948. The van der Waals surface area contributed by atoms with E-state index in [0.29, 0.717) is 41.7 Å². The highest BCUT2D eigenvalue weighted by molar-refractivity contribution is 6.03. The van der Waals surface area contributed by atoms with Crippen molar-refractivity contribution >= 4 is 23.6 Å². The number of carbonyl (C=O) groups is 2. The van der Waals surface area contributed by atoms with E-state index in [1.807, 2.05) is 0 Å². The lowest BCUT2D eigenvalue weighted by Crippen LogP contribution is -2.25. The zero-order valence-corrected chi connectivity index (χ0v) is 16.1. The van der Waals surface area contributed by atoms with E-state index >= 15 is 0 Å². The summed E-state index contributed by atoms with van der Waals surface area (Å²) in [7, 11) is 1.56. The number of benzene rings is 2. The SMILES string of the molecule is COc1cc(/C=C/C(=O)Nc2cccc(C(=O)NC3CC3)c2)cc2c1OCCO2.